The van der Waals surface area contributed by atoms with Crippen LogP contribution in [0, 0.1) is 0 Å². The van der Waals surface area contributed by atoms with Gasteiger partial charge >= 0.3 is 0 Å². The van der Waals surface area contributed by atoms with E-state index in [2.05, 4.69) is 11.1 Å². The minimum absolute atomic E-state index is 0.388. The third-order valence-corrected chi connectivity index (χ3v) is 4.14. The Balaban J connectivity index is 2.05. The predicted octanol–water partition coefficient (Wildman–Crippen LogP) is 4.26. The molecule has 2 aromatic rings. The zero-order valence-electron chi connectivity index (χ0n) is 12.1. The fraction of sp³-hybridized carbons (Fsp3) is 0.235. The molecule has 0 unspecified atom stereocenters. The summed E-state index contributed by atoms with van der Waals surface area (Å²) >= 11 is 12.2. The van der Waals surface area contributed by atoms with Gasteiger partial charge in [0.1, 0.15) is 18.0 Å². The number of rotatable bonds is 2. The lowest BCUT2D eigenvalue weighted by Crippen LogP contribution is -2.37. The van der Waals surface area contributed by atoms with Gasteiger partial charge < -0.3 is 10.5 Å². The van der Waals surface area contributed by atoms with Gasteiger partial charge in [-0.25, -0.2) is 0 Å². The lowest BCUT2D eigenvalue weighted by Gasteiger charge is -2.30. The van der Waals surface area contributed by atoms with Crippen molar-refractivity contribution in [2.75, 3.05) is 13.2 Å². The standard InChI is InChI=1S/C17H16Cl2N2O/c1-17(10-22-9-16(20)21-17)13-4-2-3-11(5-13)12-6-14(18)8-15(19)7-12/h2-8H,9-10H2,1H3,(H2,20,21)/t17-/m1/s1. The molecule has 3 rings (SSSR count). The molecule has 0 aromatic heterocycles. The Hall–Kier alpha value is -1.55. The molecule has 0 bridgehead atoms. The largest absolute Gasteiger partial charge is 0.386 e. The molecule has 22 heavy (non-hydrogen) atoms. The van der Waals surface area contributed by atoms with Crippen LogP contribution in [0.5, 0.6) is 0 Å². The molecule has 114 valence electrons. The van der Waals surface area contributed by atoms with Gasteiger partial charge in [-0.15, -0.1) is 0 Å². The van der Waals surface area contributed by atoms with Crippen molar-refractivity contribution in [3.63, 3.8) is 0 Å². The Morgan fingerprint density at radius 3 is 2.50 bits per heavy atom. The van der Waals surface area contributed by atoms with Crippen LogP contribution in [-0.4, -0.2) is 19.0 Å². The average molecular weight is 335 g/mol. The van der Waals surface area contributed by atoms with Crippen molar-refractivity contribution >= 4 is 29.0 Å². The van der Waals surface area contributed by atoms with Crippen LogP contribution in [0.1, 0.15) is 12.5 Å². The summed E-state index contributed by atoms with van der Waals surface area (Å²) in [6.07, 6.45) is 0. The number of benzene rings is 2. The fourth-order valence-electron chi connectivity index (χ4n) is 2.64. The highest BCUT2D eigenvalue weighted by Crippen LogP contribution is 2.33. The van der Waals surface area contributed by atoms with Crippen LogP contribution in [0.4, 0.5) is 0 Å². The van der Waals surface area contributed by atoms with Crippen LogP contribution in [-0.2, 0) is 10.3 Å². The first-order chi connectivity index (χ1) is 10.5. The second-order valence-electron chi connectivity index (χ2n) is 5.61. The maximum absolute atomic E-state index is 6.09. The number of aliphatic imine (C=N–C) groups is 1. The summed E-state index contributed by atoms with van der Waals surface area (Å²) in [5.41, 5.74) is 8.40. The van der Waals surface area contributed by atoms with Gasteiger partial charge in [-0.1, -0.05) is 41.4 Å². The van der Waals surface area contributed by atoms with Gasteiger partial charge in [0, 0.05) is 10.0 Å². The summed E-state index contributed by atoms with van der Waals surface area (Å²) in [7, 11) is 0. The van der Waals surface area contributed by atoms with Crippen molar-refractivity contribution in [2.24, 2.45) is 10.7 Å². The molecule has 1 heterocycles. The van der Waals surface area contributed by atoms with Crippen molar-refractivity contribution in [2.45, 2.75) is 12.5 Å². The molecule has 1 aliphatic heterocycles. The van der Waals surface area contributed by atoms with Gasteiger partial charge in [-0.2, -0.15) is 0 Å². The van der Waals surface area contributed by atoms with Crippen LogP contribution in [0.15, 0.2) is 47.5 Å². The van der Waals surface area contributed by atoms with Crippen molar-refractivity contribution in [1.29, 1.82) is 0 Å². The van der Waals surface area contributed by atoms with Crippen molar-refractivity contribution in [3.8, 4) is 11.1 Å². The molecule has 5 heteroatoms. The van der Waals surface area contributed by atoms with Gasteiger partial charge in [0.25, 0.3) is 0 Å². The number of ether oxygens (including phenoxy) is 1. The van der Waals surface area contributed by atoms with E-state index in [0.29, 0.717) is 29.1 Å². The lowest BCUT2D eigenvalue weighted by atomic mass is 9.90. The van der Waals surface area contributed by atoms with Gasteiger partial charge in [-0.05, 0) is 47.9 Å². The summed E-state index contributed by atoms with van der Waals surface area (Å²) in [5.74, 6) is 0.518. The number of halogens is 2. The molecular formula is C17H16Cl2N2O. The molecule has 3 nitrogen and oxygen atoms in total. The fourth-order valence-corrected chi connectivity index (χ4v) is 3.16. The molecule has 1 aliphatic rings. The molecule has 0 fully saturated rings. The van der Waals surface area contributed by atoms with Crippen LogP contribution in [0.25, 0.3) is 11.1 Å². The summed E-state index contributed by atoms with van der Waals surface area (Å²) in [6.45, 7) is 2.91. The molecule has 0 saturated heterocycles. The SMILES string of the molecule is C[C@]1(c2cccc(-c3cc(Cl)cc(Cl)c3)c2)COCC(N)=N1. The third-order valence-electron chi connectivity index (χ3n) is 3.70. The monoisotopic (exact) mass is 334 g/mol. The van der Waals surface area contributed by atoms with E-state index in [1.54, 1.807) is 6.07 Å². The zero-order valence-corrected chi connectivity index (χ0v) is 13.7. The van der Waals surface area contributed by atoms with E-state index in [9.17, 15) is 0 Å². The van der Waals surface area contributed by atoms with E-state index in [-0.39, 0.29) is 0 Å². The molecule has 0 radical (unpaired) electrons. The van der Waals surface area contributed by atoms with E-state index < -0.39 is 5.54 Å². The highest BCUT2D eigenvalue weighted by Gasteiger charge is 2.30. The minimum Gasteiger partial charge on any atom is -0.386 e. The first-order valence-corrected chi connectivity index (χ1v) is 7.71. The topological polar surface area (TPSA) is 47.6 Å². The molecule has 0 aliphatic carbocycles. The van der Waals surface area contributed by atoms with Crippen LogP contribution < -0.4 is 5.73 Å². The van der Waals surface area contributed by atoms with Crippen molar-refractivity contribution < 1.29 is 4.74 Å². The van der Waals surface area contributed by atoms with Crippen LogP contribution >= 0.6 is 23.2 Å². The summed E-state index contributed by atoms with van der Waals surface area (Å²) in [6, 6.07) is 13.6. The number of nitrogens with zero attached hydrogens (tertiary/aromatic N) is 1. The predicted molar refractivity (Wildman–Crippen MR) is 91.7 cm³/mol. The van der Waals surface area contributed by atoms with Gasteiger partial charge in [-0.3, -0.25) is 4.99 Å². The Morgan fingerprint density at radius 1 is 1.09 bits per heavy atom. The highest BCUT2D eigenvalue weighted by atomic mass is 35.5. The second kappa shape index (κ2) is 5.92. The molecule has 0 saturated carbocycles. The van der Waals surface area contributed by atoms with Crippen molar-refractivity contribution in [3.05, 3.63) is 58.1 Å². The molecular weight excluding hydrogens is 319 g/mol. The first-order valence-electron chi connectivity index (χ1n) is 6.95. The van der Waals surface area contributed by atoms with E-state index in [4.69, 9.17) is 33.7 Å². The number of hydrogen-bond acceptors (Lipinski definition) is 3. The molecule has 0 amide bonds. The number of nitrogens with two attached hydrogens (primary N) is 1. The summed E-state index contributed by atoms with van der Waals surface area (Å²) in [5, 5.41) is 1.23. The average Bonchev–Trinajstić information content (AvgIpc) is 2.46. The van der Waals surface area contributed by atoms with Crippen LogP contribution in [0.2, 0.25) is 10.0 Å². The quantitative estimate of drug-likeness (QED) is 0.891. The normalized spacial score (nSPS) is 21.5. The van der Waals surface area contributed by atoms with Crippen LogP contribution in [0.3, 0.4) is 0 Å². The van der Waals surface area contributed by atoms with E-state index in [0.717, 1.165) is 16.7 Å². The van der Waals surface area contributed by atoms with Gasteiger partial charge in [0.05, 0.1) is 6.61 Å². The summed E-state index contributed by atoms with van der Waals surface area (Å²) in [4.78, 5) is 4.57. The maximum atomic E-state index is 6.09. The molecule has 1 atom stereocenters. The second-order valence-corrected chi connectivity index (χ2v) is 6.48. The zero-order chi connectivity index (χ0) is 15.7. The van der Waals surface area contributed by atoms with E-state index in [1.807, 2.05) is 37.3 Å². The van der Waals surface area contributed by atoms with E-state index >= 15 is 0 Å². The van der Waals surface area contributed by atoms with E-state index in [1.165, 1.54) is 0 Å². The Morgan fingerprint density at radius 2 is 1.82 bits per heavy atom. The number of amidine groups is 1. The number of hydrogen-bond donors (Lipinski definition) is 1. The summed E-state index contributed by atoms with van der Waals surface area (Å²) < 4.78 is 5.54. The lowest BCUT2D eigenvalue weighted by molar-refractivity contribution is 0.106. The van der Waals surface area contributed by atoms with Gasteiger partial charge in [0.2, 0.25) is 0 Å². The smallest absolute Gasteiger partial charge is 0.121 e. The Kier molecular flexibility index (Phi) is 4.13. The molecule has 0 spiro atoms. The molecule has 2 N–H and O–H groups in total. The van der Waals surface area contributed by atoms with Gasteiger partial charge in [0.15, 0.2) is 0 Å². The van der Waals surface area contributed by atoms with Crippen molar-refractivity contribution in [1.82, 2.24) is 0 Å². The highest BCUT2D eigenvalue weighted by molar-refractivity contribution is 6.35. The third kappa shape index (κ3) is 3.12. The minimum atomic E-state index is -0.472. The Bertz CT molecular complexity index is 725. The molecule has 2 aromatic carbocycles. The first kappa shape index (κ1) is 15.3. The maximum Gasteiger partial charge on any atom is 0.121 e. The Labute approximate surface area is 139 Å².